The predicted octanol–water partition coefficient (Wildman–Crippen LogP) is 2.00. The van der Waals surface area contributed by atoms with Gasteiger partial charge in [0.15, 0.2) is 0 Å². The Labute approximate surface area is 96.9 Å². The summed E-state index contributed by atoms with van der Waals surface area (Å²) in [5.74, 6) is -0.979. The van der Waals surface area contributed by atoms with Crippen LogP contribution >= 0.6 is 23.6 Å². The largest absolute Gasteiger partial charge is 0.508 e. The second-order valence-electron chi connectivity index (χ2n) is 2.98. The highest BCUT2D eigenvalue weighted by molar-refractivity contribution is 6.34. The highest BCUT2D eigenvalue weighted by Gasteiger charge is 2.23. The van der Waals surface area contributed by atoms with Crippen LogP contribution in [0.25, 0.3) is 0 Å². The Bertz CT molecular complexity index is 340. The van der Waals surface area contributed by atoms with E-state index in [0.717, 1.165) is 5.56 Å². The predicted molar refractivity (Wildman–Crippen MR) is 56.8 cm³/mol. The van der Waals surface area contributed by atoms with Gasteiger partial charge in [0.05, 0.1) is 0 Å². The Balaban J connectivity index is 2.74. The molecule has 0 fully saturated rings. The third-order valence-corrected chi connectivity index (χ3v) is 2.36. The maximum absolute atomic E-state index is 10.8. The quantitative estimate of drug-likeness (QED) is 0.802. The molecule has 0 saturated carbocycles. The number of carbonyl (C=O) groups is 1. The van der Waals surface area contributed by atoms with Gasteiger partial charge in [-0.2, -0.15) is 0 Å². The summed E-state index contributed by atoms with van der Waals surface area (Å²) in [4.78, 5) is 10.8. The van der Waals surface area contributed by atoms with Crippen LogP contribution in [0.1, 0.15) is 5.56 Å². The second-order valence-corrected chi connectivity index (χ2v) is 3.89. The highest BCUT2D eigenvalue weighted by Crippen LogP contribution is 2.16. The van der Waals surface area contributed by atoms with E-state index in [4.69, 9.17) is 33.8 Å². The maximum atomic E-state index is 10.8. The molecule has 15 heavy (non-hydrogen) atoms. The maximum Gasteiger partial charge on any atom is 0.324 e. The molecule has 1 rings (SSSR count). The Kier molecular flexibility index (Phi) is 4.20. The number of benzene rings is 1. The average Bonchev–Trinajstić information content (AvgIpc) is 2.15. The van der Waals surface area contributed by atoms with E-state index in [2.05, 4.69) is 0 Å². The number of nitrogens with zero attached hydrogens (tertiary/aromatic N) is 1. The number of rotatable bonds is 4. The molecule has 2 N–H and O–H groups in total. The molecule has 1 aromatic rings. The molecule has 0 bridgehead atoms. The van der Waals surface area contributed by atoms with E-state index >= 15 is 0 Å². The van der Waals surface area contributed by atoms with Crippen LogP contribution in [-0.4, -0.2) is 26.2 Å². The molecule has 0 heterocycles. The van der Waals surface area contributed by atoms with Crippen LogP contribution < -0.4 is 0 Å². The first kappa shape index (κ1) is 12.1. The molecular formula is C9H9Cl2NO3. The van der Waals surface area contributed by atoms with Gasteiger partial charge in [-0.15, -0.1) is 3.94 Å². The average molecular weight is 250 g/mol. The molecule has 1 atom stereocenters. The lowest BCUT2D eigenvalue weighted by Gasteiger charge is -2.14. The van der Waals surface area contributed by atoms with Crippen molar-refractivity contribution in [3.63, 3.8) is 0 Å². The summed E-state index contributed by atoms with van der Waals surface area (Å²) < 4.78 is 0.606. The minimum absolute atomic E-state index is 0.124. The first-order chi connectivity index (χ1) is 7.00. The normalized spacial score (nSPS) is 12.7. The summed E-state index contributed by atoms with van der Waals surface area (Å²) in [7, 11) is 0. The van der Waals surface area contributed by atoms with Crippen LogP contribution in [0.2, 0.25) is 0 Å². The van der Waals surface area contributed by atoms with Gasteiger partial charge in [-0.3, -0.25) is 4.79 Å². The van der Waals surface area contributed by atoms with Crippen LogP contribution in [0.4, 0.5) is 0 Å². The van der Waals surface area contributed by atoms with Crippen molar-refractivity contribution < 1.29 is 15.0 Å². The van der Waals surface area contributed by atoms with Crippen LogP contribution in [-0.2, 0) is 11.2 Å². The van der Waals surface area contributed by atoms with E-state index in [1.807, 2.05) is 0 Å². The molecule has 0 spiro atoms. The second kappa shape index (κ2) is 5.21. The van der Waals surface area contributed by atoms with Crippen molar-refractivity contribution in [1.82, 2.24) is 3.94 Å². The molecule has 0 saturated heterocycles. The van der Waals surface area contributed by atoms with Crippen LogP contribution in [0.3, 0.4) is 0 Å². The van der Waals surface area contributed by atoms with E-state index < -0.39 is 12.0 Å². The number of phenols is 1. The van der Waals surface area contributed by atoms with Crippen molar-refractivity contribution in [3.05, 3.63) is 29.8 Å². The third kappa shape index (κ3) is 3.58. The van der Waals surface area contributed by atoms with Gasteiger partial charge in [-0.25, -0.2) is 0 Å². The van der Waals surface area contributed by atoms with E-state index in [9.17, 15) is 4.79 Å². The monoisotopic (exact) mass is 249 g/mol. The number of carboxylic acids is 1. The molecule has 0 aliphatic heterocycles. The minimum Gasteiger partial charge on any atom is -0.508 e. The van der Waals surface area contributed by atoms with Crippen LogP contribution in [0, 0.1) is 0 Å². The van der Waals surface area contributed by atoms with Crippen molar-refractivity contribution in [2.24, 2.45) is 0 Å². The highest BCUT2D eigenvalue weighted by atomic mass is 35.5. The molecule has 0 amide bonds. The summed E-state index contributed by atoms with van der Waals surface area (Å²) in [5.41, 5.74) is 0.728. The number of aromatic hydroxyl groups is 1. The fraction of sp³-hybridized carbons (Fsp3) is 0.222. The third-order valence-electron chi connectivity index (χ3n) is 1.89. The van der Waals surface area contributed by atoms with Crippen LogP contribution in [0.15, 0.2) is 24.3 Å². The molecule has 0 radical (unpaired) electrons. The van der Waals surface area contributed by atoms with Gasteiger partial charge in [0, 0.05) is 6.42 Å². The Hall–Kier alpha value is -0.970. The Morgan fingerprint density at radius 1 is 1.33 bits per heavy atom. The van der Waals surface area contributed by atoms with E-state index in [1.54, 1.807) is 12.1 Å². The summed E-state index contributed by atoms with van der Waals surface area (Å²) in [6.07, 6.45) is 0.169. The summed E-state index contributed by atoms with van der Waals surface area (Å²) in [6.45, 7) is 0. The molecule has 6 heteroatoms. The van der Waals surface area contributed by atoms with E-state index in [1.165, 1.54) is 12.1 Å². The lowest BCUT2D eigenvalue weighted by molar-refractivity contribution is -0.140. The molecule has 82 valence electrons. The number of hydrogen-bond acceptors (Lipinski definition) is 3. The number of hydrogen-bond donors (Lipinski definition) is 2. The SMILES string of the molecule is O=C(O)C(Cc1ccc(O)cc1)N(Cl)Cl. The number of halogens is 2. The molecule has 4 nitrogen and oxygen atoms in total. The Morgan fingerprint density at radius 2 is 1.87 bits per heavy atom. The Morgan fingerprint density at radius 3 is 2.27 bits per heavy atom. The van der Waals surface area contributed by atoms with Gasteiger partial charge in [-0.1, -0.05) is 12.1 Å². The van der Waals surface area contributed by atoms with Gasteiger partial charge in [0.25, 0.3) is 0 Å². The number of aliphatic carboxylic acids is 1. The molecule has 0 aliphatic carbocycles. The number of phenolic OH excluding ortho intramolecular Hbond substituents is 1. The first-order valence-electron chi connectivity index (χ1n) is 4.12. The van der Waals surface area contributed by atoms with Gasteiger partial charge < -0.3 is 10.2 Å². The van der Waals surface area contributed by atoms with Gasteiger partial charge in [0.1, 0.15) is 11.8 Å². The lowest BCUT2D eigenvalue weighted by Crippen LogP contribution is -2.31. The van der Waals surface area contributed by atoms with Crippen molar-refractivity contribution >= 4 is 29.5 Å². The lowest BCUT2D eigenvalue weighted by atomic mass is 10.1. The summed E-state index contributed by atoms with van der Waals surface area (Å²) in [6, 6.07) is 5.17. The summed E-state index contributed by atoms with van der Waals surface area (Å²) in [5, 5.41) is 17.8. The number of carboxylic acid groups (broad SMARTS) is 1. The van der Waals surface area contributed by atoms with Crippen LogP contribution in [0.5, 0.6) is 5.75 Å². The van der Waals surface area contributed by atoms with Crippen molar-refractivity contribution in [1.29, 1.82) is 0 Å². The molecule has 0 aliphatic rings. The van der Waals surface area contributed by atoms with Crippen molar-refractivity contribution in [2.45, 2.75) is 12.5 Å². The zero-order valence-corrected chi connectivity index (χ0v) is 9.11. The smallest absolute Gasteiger partial charge is 0.324 e. The van der Waals surface area contributed by atoms with Crippen molar-refractivity contribution in [2.75, 3.05) is 0 Å². The molecule has 1 aromatic carbocycles. The topological polar surface area (TPSA) is 60.8 Å². The van der Waals surface area contributed by atoms with E-state index in [-0.39, 0.29) is 12.2 Å². The van der Waals surface area contributed by atoms with Crippen molar-refractivity contribution in [3.8, 4) is 5.75 Å². The minimum atomic E-state index is -1.10. The van der Waals surface area contributed by atoms with Gasteiger partial charge >= 0.3 is 5.97 Å². The fourth-order valence-electron chi connectivity index (χ4n) is 1.10. The molecular weight excluding hydrogens is 241 g/mol. The molecule has 0 aromatic heterocycles. The van der Waals surface area contributed by atoms with Gasteiger partial charge in [-0.05, 0) is 41.2 Å². The van der Waals surface area contributed by atoms with E-state index in [0.29, 0.717) is 3.94 Å². The van der Waals surface area contributed by atoms with Gasteiger partial charge in [0.2, 0.25) is 0 Å². The molecule has 1 unspecified atom stereocenters. The summed E-state index contributed by atoms with van der Waals surface area (Å²) >= 11 is 10.8. The standard InChI is InChI=1S/C9H9Cl2NO3/c10-12(11)8(9(14)15)5-6-1-3-7(13)4-2-6/h1-4,8,13H,5H2,(H,14,15). The fourth-order valence-corrected chi connectivity index (χ4v) is 1.40. The first-order valence-corrected chi connectivity index (χ1v) is 4.80. The zero-order chi connectivity index (χ0) is 11.4. The zero-order valence-electron chi connectivity index (χ0n) is 7.60.